The number of anilines is 1. The topological polar surface area (TPSA) is 216 Å². The molecule has 1 amide bonds. The van der Waals surface area contributed by atoms with E-state index in [0.29, 0.717) is 0 Å². The van der Waals surface area contributed by atoms with Crippen molar-refractivity contribution in [2.24, 2.45) is 0 Å². The van der Waals surface area contributed by atoms with E-state index < -0.39 is 53.9 Å². The lowest BCUT2D eigenvalue weighted by Gasteiger charge is -2.24. The third kappa shape index (κ3) is 9.06. The van der Waals surface area contributed by atoms with Crippen LogP contribution >= 0.6 is 0 Å². The van der Waals surface area contributed by atoms with Crippen LogP contribution in [0.4, 0.5) is 5.69 Å². The van der Waals surface area contributed by atoms with Crippen molar-refractivity contribution in [1.29, 1.82) is 0 Å². The zero-order valence-corrected chi connectivity index (χ0v) is 26.1. The van der Waals surface area contributed by atoms with Crippen LogP contribution in [0.5, 0.6) is 23.0 Å². The average Bonchev–Trinajstić information content (AvgIpc) is 3.05. The summed E-state index contributed by atoms with van der Waals surface area (Å²) in [6, 6.07) is 12.4. The molecule has 3 aromatic carbocycles. The van der Waals surface area contributed by atoms with Gasteiger partial charge in [0.1, 0.15) is 0 Å². The van der Waals surface area contributed by atoms with Crippen molar-refractivity contribution < 1.29 is 71.8 Å². The molecular formula is C32H29NO15. The van der Waals surface area contributed by atoms with Crippen LogP contribution in [0.1, 0.15) is 44.9 Å². The fourth-order valence-corrected chi connectivity index (χ4v) is 4.01. The van der Waals surface area contributed by atoms with E-state index in [4.69, 9.17) is 33.2 Å². The molecule has 0 fully saturated rings. The largest absolute Gasteiger partial charge is 0.493 e. The van der Waals surface area contributed by atoms with Crippen molar-refractivity contribution in [2.75, 3.05) is 26.6 Å². The Hall–Kier alpha value is -6.45. The maximum Gasteiger partial charge on any atom is 0.349 e. The van der Waals surface area contributed by atoms with E-state index in [1.54, 1.807) is 0 Å². The number of para-hydroxylation sites is 1. The predicted molar refractivity (Wildman–Crippen MR) is 161 cm³/mol. The van der Waals surface area contributed by atoms with Gasteiger partial charge in [-0.2, -0.15) is 0 Å². The SMILES string of the molecule is COC(=O)c1ccccc1NC(=O)[C@@H](OC(=O)c1ccc(OC(C)=O)c(OC)c1)[C@@H](OC(=O)c1ccc(OC(C)=O)c(OC)c1)C(=O)O. The van der Waals surface area contributed by atoms with Crippen LogP contribution in [0.25, 0.3) is 0 Å². The molecule has 0 aliphatic rings. The van der Waals surface area contributed by atoms with Gasteiger partial charge in [0.2, 0.25) is 12.2 Å². The molecule has 0 bridgehead atoms. The number of carboxylic acids is 1. The molecule has 2 N–H and O–H groups in total. The van der Waals surface area contributed by atoms with E-state index in [0.717, 1.165) is 45.2 Å². The van der Waals surface area contributed by atoms with Crippen molar-refractivity contribution in [3.63, 3.8) is 0 Å². The number of benzene rings is 3. The van der Waals surface area contributed by atoms with E-state index in [1.165, 1.54) is 50.6 Å². The molecule has 16 nitrogen and oxygen atoms in total. The zero-order chi connectivity index (χ0) is 35.5. The number of rotatable bonds is 13. The minimum atomic E-state index is -2.46. The second-order valence-electron chi connectivity index (χ2n) is 9.44. The normalized spacial score (nSPS) is 11.5. The second-order valence-corrected chi connectivity index (χ2v) is 9.44. The Labute approximate surface area is 272 Å². The molecule has 2 atom stereocenters. The maximum absolute atomic E-state index is 13.6. The summed E-state index contributed by atoms with van der Waals surface area (Å²) in [4.78, 5) is 87.6. The maximum atomic E-state index is 13.6. The number of carbonyl (C=O) groups is 7. The van der Waals surface area contributed by atoms with Gasteiger partial charge < -0.3 is 43.6 Å². The Kier molecular flexibility index (Phi) is 12.2. The summed E-state index contributed by atoms with van der Waals surface area (Å²) in [5.41, 5.74) is -0.852. The van der Waals surface area contributed by atoms with Crippen molar-refractivity contribution in [1.82, 2.24) is 0 Å². The quantitative estimate of drug-likeness (QED) is 0.152. The van der Waals surface area contributed by atoms with Gasteiger partial charge in [0.15, 0.2) is 23.0 Å². The molecule has 3 aromatic rings. The van der Waals surface area contributed by atoms with Gasteiger partial charge in [-0.3, -0.25) is 14.4 Å². The Morgan fingerprint density at radius 1 is 0.625 bits per heavy atom. The molecule has 0 aliphatic heterocycles. The van der Waals surface area contributed by atoms with Crippen LogP contribution in [-0.2, 0) is 33.4 Å². The highest BCUT2D eigenvalue weighted by atomic mass is 16.6. The summed E-state index contributed by atoms with van der Waals surface area (Å²) in [6.45, 7) is 2.28. The lowest BCUT2D eigenvalue weighted by molar-refractivity contribution is -0.157. The third-order valence-corrected chi connectivity index (χ3v) is 6.14. The Balaban J connectivity index is 2.03. The number of aliphatic carboxylic acids is 1. The lowest BCUT2D eigenvalue weighted by Crippen LogP contribution is -2.48. The number of carbonyl (C=O) groups excluding carboxylic acids is 6. The van der Waals surface area contributed by atoms with Gasteiger partial charge in [0, 0.05) is 13.8 Å². The van der Waals surface area contributed by atoms with Crippen molar-refractivity contribution in [3.8, 4) is 23.0 Å². The van der Waals surface area contributed by atoms with Gasteiger partial charge >= 0.3 is 35.8 Å². The Morgan fingerprint density at radius 2 is 1.10 bits per heavy atom. The molecule has 0 saturated carbocycles. The van der Waals surface area contributed by atoms with Crippen molar-refractivity contribution in [2.45, 2.75) is 26.1 Å². The molecule has 0 unspecified atom stereocenters. The molecule has 0 spiro atoms. The molecule has 0 heterocycles. The van der Waals surface area contributed by atoms with Gasteiger partial charge in [-0.15, -0.1) is 0 Å². The number of amides is 1. The molecular weight excluding hydrogens is 638 g/mol. The molecule has 0 aromatic heterocycles. The van der Waals surface area contributed by atoms with E-state index in [1.807, 2.05) is 0 Å². The van der Waals surface area contributed by atoms with Gasteiger partial charge in [-0.25, -0.2) is 19.2 Å². The van der Waals surface area contributed by atoms with Crippen LogP contribution < -0.4 is 24.3 Å². The van der Waals surface area contributed by atoms with E-state index in [9.17, 15) is 38.7 Å². The first-order valence-corrected chi connectivity index (χ1v) is 13.6. The van der Waals surface area contributed by atoms with Crippen molar-refractivity contribution >= 4 is 47.4 Å². The highest BCUT2D eigenvalue weighted by Gasteiger charge is 2.41. The van der Waals surface area contributed by atoms with E-state index >= 15 is 0 Å². The molecule has 0 radical (unpaired) electrons. The summed E-state index contributed by atoms with van der Waals surface area (Å²) >= 11 is 0. The number of hydrogen-bond acceptors (Lipinski definition) is 14. The van der Waals surface area contributed by atoms with Crippen LogP contribution in [0.15, 0.2) is 60.7 Å². The molecule has 0 aliphatic carbocycles. The third-order valence-electron chi connectivity index (χ3n) is 6.14. The number of nitrogens with one attached hydrogen (secondary N) is 1. The zero-order valence-electron chi connectivity index (χ0n) is 26.1. The summed E-state index contributed by atoms with van der Waals surface area (Å²) < 4.78 is 35.5. The smallest absolute Gasteiger partial charge is 0.349 e. The number of carboxylic acid groups (broad SMARTS) is 1. The number of methoxy groups -OCH3 is 3. The summed E-state index contributed by atoms with van der Waals surface area (Å²) in [5, 5.41) is 12.4. The monoisotopic (exact) mass is 667 g/mol. The number of esters is 5. The first-order chi connectivity index (χ1) is 22.8. The minimum absolute atomic E-state index is 0.0530. The Bertz CT molecular complexity index is 1750. The van der Waals surface area contributed by atoms with Gasteiger partial charge in [0.05, 0.1) is 43.7 Å². The van der Waals surface area contributed by atoms with Crippen LogP contribution in [0.2, 0.25) is 0 Å². The van der Waals surface area contributed by atoms with Crippen LogP contribution in [-0.4, -0.2) is 80.4 Å². The lowest BCUT2D eigenvalue weighted by atomic mass is 10.1. The highest BCUT2D eigenvalue weighted by molar-refractivity contribution is 6.05. The average molecular weight is 668 g/mol. The first kappa shape index (κ1) is 36.0. The van der Waals surface area contributed by atoms with E-state index in [2.05, 4.69) is 5.32 Å². The Morgan fingerprint density at radius 3 is 1.54 bits per heavy atom. The first-order valence-electron chi connectivity index (χ1n) is 13.6. The van der Waals surface area contributed by atoms with Gasteiger partial charge in [0.25, 0.3) is 5.91 Å². The highest BCUT2D eigenvalue weighted by Crippen LogP contribution is 2.30. The predicted octanol–water partition coefficient (Wildman–Crippen LogP) is 2.82. The van der Waals surface area contributed by atoms with Crippen LogP contribution in [0, 0.1) is 0 Å². The minimum Gasteiger partial charge on any atom is -0.493 e. The van der Waals surface area contributed by atoms with E-state index in [-0.39, 0.29) is 45.4 Å². The van der Waals surface area contributed by atoms with Crippen molar-refractivity contribution in [3.05, 3.63) is 77.4 Å². The summed E-state index contributed by atoms with van der Waals surface area (Å²) in [6.07, 6.45) is -4.83. The van der Waals surface area contributed by atoms with Crippen LogP contribution in [0.3, 0.4) is 0 Å². The second kappa shape index (κ2) is 16.2. The summed E-state index contributed by atoms with van der Waals surface area (Å²) in [7, 11) is 3.54. The summed E-state index contributed by atoms with van der Waals surface area (Å²) in [5.74, 6) is -8.29. The van der Waals surface area contributed by atoms with Gasteiger partial charge in [-0.1, -0.05) is 12.1 Å². The number of ether oxygens (including phenoxy) is 7. The molecule has 0 saturated heterocycles. The fourth-order valence-electron chi connectivity index (χ4n) is 4.01. The van der Waals surface area contributed by atoms with Gasteiger partial charge in [-0.05, 0) is 48.5 Å². The standard InChI is InChI=1S/C32H29NO15/c1-16(34)45-22-12-10-18(14-24(22)42-3)30(39)47-26(28(36)33-21-9-7-6-8-20(21)32(41)44-5)27(29(37)38)48-31(40)19-11-13-23(46-17(2)35)25(15-19)43-4/h6-15,26-27H,1-5H3,(H,33,36)(H,37,38)/t26-,27+/m0/s1. The molecule has 3 rings (SSSR count). The molecule has 16 heteroatoms. The molecule has 48 heavy (non-hydrogen) atoms. The number of hydrogen-bond donors (Lipinski definition) is 2. The molecule has 252 valence electrons. The fraction of sp³-hybridized carbons (Fsp3) is 0.219.